The summed E-state index contributed by atoms with van der Waals surface area (Å²) in [6, 6.07) is 13.3. The second-order valence-corrected chi connectivity index (χ2v) is 3.45. The molecule has 2 rings (SSSR count). The van der Waals surface area contributed by atoms with Gasteiger partial charge in [0.15, 0.2) is 0 Å². The van der Waals surface area contributed by atoms with Crippen LogP contribution in [0.2, 0.25) is 0 Å². The van der Waals surface area contributed by atoms with Gasteiger partial charge < -0.3 is 4.98 Å². The van der Waals surface area contributed by atoms with Crippen LogP contribution in [0.25, 0.3) is 11.3 Å². The van der Waals surface area contributed by atoms with E-state index in [0.29, 0.717) is 0 Å². The normalized spacial score (nSPS) is 9.47. The number of aromatic nitrogens is 1. The Kier molecular flexibility index (Phi) is 4.19. The Morgan fingerprint density at radius 2 is 2.00 bits per heavy atom. The summed E-state index contributed by atoms with van der Waals surface area (Å²) in [7, 11) is 0. The van der Waals surface area contributed by atoms with Gasteiger partial charge in [0, 0.05) is 26.3 Å². The smallest absolute Gasteiger partial charge is 0.0160 e. The van der Waals surface area contributed by atoms with E-state index in [4.69, 9.17) is 0 Å². The molecule has 0 fully saturated rings. The van der Waals surface area contributed by atoms with Crippen LogP contribution in [0.4, 0.5) is 0 Å². The average Bonchev–Trinajstić information content (AvgIpc) is 2.19. The van der Waals surface area contributed by atoms with Crippen LogP contribution in [0.5, 0.6) is 0 Å². The van der Waals surface area contributed by atoms with Gasteiger partial charge in [-0.15, -0.1) is 34.9 Å². The molecule has 2 aromatic rings. The predicted octanol–water partition coefficient (Wildman–Crippen LogP) is 3.16. The van der Waals surface area contributed by atoms with E-state index in [1.807, 2.05) is 30.5 Å². The van der Waals surface area contributed by atoms with Crippen LogP contribution in [0.1, 0.15) is 11.1 Å². The van der Waals surface area contributed by atoms with E-state index in [0.717, 1.165) is 11.3 Å². The molecule has 1 nitrogen and oxygen atoms in total. The third-order valence-electron chi connectivity index (χ3n) is 2.20. The Bertz CT molecular complexity index is 438. The molecule has 0 amide bonds. The van der Waals surface area contributed by atoms with Crippen molar-refractivity contribution in [3.05, 3.63) is 53.7 Å². The van der Waals surface area contributed by atoms with Crippen LogP contribution in [0, 0.1) is 19.9 Å². The van der Waals surface area contributed by atoms with E-state index >= 15 is 0 Å². The first-order valence-electron chi connectivity index (χ1n) is 4.68. The second-order valence-electron chi connectivity index (χ2n) is 3.45. The van der Waals surface area contributed by atoms with Crippen molar-refractivity contribution in [2.45, 2.75) is 13.8 Å². The summed E-state index contributed by atoms with van der Waals surface area (Å²) in [6.45, 7) is 4.17. The van der Waals surface area contributed by atoms with Gasteiger partial charge in [-0.05, 0) is 11.8 Å². The van der Waals surface area contributed by atoms with Crippen LogP contribution < -0.4 is 0 Å². The Labute approximate surface area is 104 Å². The predicted molar refractivity (Wildman–Crippen MR) is 58.0 cm³/mol. The van der Waals surface area contributed by atoms with Crippen LogP contribution in [0.15, 0.2) is 36.5 Å². The van der Waals surface area contributed by atoms with Gasteiger partial charge >= 0.3 is 0 Å². The molecule has 0 aliphatic heterocycles. The molecule has 1 aromatic carbocycles. The summed E-state index contributed by atoms with van der Waals surface area (Å²) in [6.07, 6.45) is 1.81. The van der Waals surface area contributed by atoms with Crippen molar-refractivity contribution in [1.29, 1.82) is 0 Å². The van der Waals surface area contributed by atoms with Crippen molar-refractivity contribution in [1.82, 2.24) is 4.98 Å². The zero-order valence-electron chi connectivity index (χ0n) is 8.74. The third kappa shape index (κ3) is 2.74. The number of hydrogen-bond donors (Lipinski definition) is 0. The first kappa shape index (κ1) is 12.1. The second kappa shape index (κ2) is 5.20. The fraction of sp³-hybridized carbons (Fsp3) is 0.154. The molecule has 0 spiro atoms. The SMILES string of the molecule is Cc1c[c-]c(-c2ccccn2)c(C)c1.[Ir]. The van der Waals surface area contributed by atoms with Crippen LogP contribution in [-0.2, 0) is 20.1 Å². The molecule has 0 saturated carbocycles. The zero-order chi connectivity index (χ0) is 9.97. The molecule has 0 saturated heterocycles. The van der Waals surface area contributed by atoms with Crippen LogP contribution >= 0.6 is 0 Å². The van der Waals surface area contributed by atoms with Crippen LogP contribution in [0.3, 0.4) is 0 Å². The van der Waals surface area contributed by atoms with E-state index in [9.17, 15) is 0 Å². The zero-order valence-corrected chi connectivity index (χ0v) is 11.1. The quantitative estimate of drug-likeness (QED) is 0.699. The number of aryl methyl sites for hydroxylation is 2. The topological polar surface area (TPSA) is 12.9 Å². The number of hydrogen-bond acceptors (Lipinski definition) is 1. The van der Waals surface area contributed by atoms with Gasteiger partial charge in [-0.2, -0.15) is 0 Å². The number of benzene rings is 1. The number of nitrogens with zero attached hydrogens (tertiary/aromatic N) is 1. The van der Waals surface area contributed by atoms with E-state index in [2.05, 4.69) is 31.0 Å². The molecule has 1 heterocycles. The summed E-state index contributed by atoms with van der Waals surface area (Å²) >= 11 is 0. The fourth-order valence-corrected chi connectivity index (χ4v) is 1.54. The maximum atomic E-state index is 4.31. The molecular weight excluding hydrogens is 362 g/mol. The van der Waals surface area contributed by atoms with Gasteiger partial charge in [0.1, 0.15) is 0 Å². The van der Waals surface area contributed by atoms with Crippen molar-refractivity contribution < 1.29 is 20.1 Å². The summed E-state index contributed by atoms with van der Waals surface area (Å²) in [5.41, 5.74) is 4.55. The Morgan fingerprint density at radius 3 is 2.60 bits per heavy atom. The van der Waals surface area contributed by atoms with Crippen molar-refractivity contribution in [2.24, 2.45) is 0 Å². The van der Waals surface area contributed by atoms with Gasteiger partial charge in [-0.1, -0.05) is 26.0 Å². The molecule has 0 N–H and O–H groups in total. The molecule has 0 atom stereocenters. The molecule has 79 valence electrons. The molecule has 0 unspecified atom stereocenters. The molecular formula is C13H12IrN-. The van der Waals surface area contributed by atoms with Gasteiger partial charge in [-0.25, -0.2) is 0 Å². The Hall–Kier alpha value is -0.981. The Morgan fingerprint density at radius 1 is 1.20 bits per heavy atom. The minimum Gasteiger partial charge on any atom is -0.305 e. The minimum absolute atomic E-state index is 0. The fourth-order valence-electron chi connectivity index (χ4n) is 1.54. The standard InChI is InChI=1S/C13H12N.Ir/c1-10-6-7-12(11(2)9-10)13-5-3-4-8-14-13;/h3-6,8-9H,1-2H3;/q-1;. The van der Waals surface area contributed by atoms with E-state index in [-0.39, 0.29) is 20.1 Å². The average molecular weight is 374 g/mol. The van der Waals surface area contributed by atoms with Gasteiger partial charge in [0.25, 0.3) is 0 Å². The third-order valence-corrected chi connectivity index (χ3v) is 2.20. The summed E-state index contributed by atoms with van der Waals surface area (Å²) < 4.78 is 0. The summed E-state index contributed by atoms with van der Waals surface area (Å²) in [5.74, 6) is 0. The first-order chi connectivity index (χ1) is 6.77. The molecule has 1 aromatic heterocycles. The molecule has 1 radical (unpaired) electrons. The van der Waals surface area contributed by atoms with Crippen molar-refractivity contribution in [3.63, 3.8) is 0 Å². The van der Waals surface area contributed by atoms with Crippen LogP contribution in [-0.4, -0.2) is 4.98 Å². The molecule has 0 aliphatic rings. The minimum atomic E-state index is 0. The maximum Gasteiger partial charge on any atom is 0.0160 e. The van der Waals surface area contributed by atoms with E-state index < -0.39 is 0 Å². The Balaban J connectivity index is 0.00000112. The van der Waals surface area contributed by atoms with E-state index in [1.54, 1.807) is 0 Å². The van der Waals surface area contributed by atoms with E-state index in [1.165, 1.54) is 11.1 Å². The molecule has 2 heteroatoms. The largest absolute Gasteiger partial charge is 0.305 e. The van der Waals surface area contributed by atoms with Crippen molar-refractivity contribution >= 4 is 0 Å². The number of rotatable bonds is 1. The van der Waals surface area contributed by atoms with Gasteiger partial charge in [0.05, 0.1) is 0 Å². The van der Waals surface area contributed by atoms with Gasteiger partial charge in [0.2, 0.25) is 0 Å². The monoisotopic (exact) mass is 375 g/mol. The first-order valence-corrected chi connectivity index (χ1v) is 4.68. The van der Waals surface area contributed by atoms with Crippen molar-refractivity contribution in [3.8, 4) is 11.3 Å². The molecule has 0 aliphatic carbocycles. The maximum absolute atomic E-state index is 4.31. The summed E-state index contributed by atoms with van der Waals surface area (Å²) in [4.78, 5) is 4.31. The molecule has 0 bridgehead atoms. The van der Waals surface area contributed by atoms with Crippen molar-refractivity contribution in [2.75, 3.05) is 0 Å². The summed E-state index contributed by atoms with van der Waals surface area (Å²) in [5, 5.41) is 0. The number of pyridine rings is 1. The van der Waals surface area contributed by atoms with Gasteiger partial charge in [-0.3, -0.25) is 0 Å². The molecule has 15 heavy (non-hydrogen) atoms.